The number of rotatable bonds is 8. The number of amides is 1. The molecule has 3 rings (SSSR count). The smallest absolute Gasteiger partial charge is 0.347 e. The van der Waals surface area contributed by atoms with Gasteiger partial charge in [0.2, 0.25) is 0 Å². The Labute approximate surface area is 185 Å². The molecule has 0 radical (unpaired) electrons. The van der Waals surface area contributed by atoms with Gasteiger partial charge >= 0.3 is 5.97 Å². The molecule has 0 unspecified atom stereocenters. The van der Waals surface area contributed by atoms with Crippen LogP contribution in [0.4, 0.5) is 0 Å². The van der Waals surface area contributed by atoms with Crippen molar-refractivity contribution in [1.29, 1.82) is 0 Å². The quantitative estimate of drug-likeness (QED) is 0.242. The van der Waals surface area contributed by atoms with Crippen molar-refractivity contribution in [3.8, 4) is 23.0 Å². The van der Waals surface area contributed by atoms with Gasteiger partial charge < -0.3 is 19.3 Å². The highest BCUT2D eigenvalue weighted by Gasteiger charge is 2.16. The van der Waals surface area contributed by atoms with E-state index in [4.69, 9.17) is 14.2 Å². The summed E-state index contributed by atoms with van der Waals surface area (Å²) in [5.74, 6) is 0.0702. The van der Waals surface area contributed by atoms with Crippen LogP contribution in [0, 0.1) is 0 Å². The summed E-state index contributed by atoms with van der Waals surface area (Å²) < 4.78 is 16.3. The summed E-state index contributed by atoms with van der Waals surface area (Å²) in [5, 5.41) is 13.2. The Balaban J connectivity index is 1.72. The van der Waals surface area contributed by atoms with Gasteiger partial charge in [-0.1, -0.05) is 12.1 Å². The van der Waals surface area contributed by atoms with Gasteiger partial charge in [-0.3, -0.25) is 4.79 Å². The van der Waals surface area contributed by atoms with Crippen LogP contribution < -0.4 is 19.6 Å². The zero-order chi connectivity index (χ0) is 22.9. The van der Waals surface area contributed by atoms with Crippen LogP contribution >= 0.6 is 0 Å². The number of phenolic OH excluding ortho intramolecular Hbond substituents is 1. The van der Waals surface area contributed by atoms with Crippen LogP contribution in [-0.4, -0.2) is 36.9 Å². The largest absolute Gasteiger partial charge is 0.508 e. The van der Waals surface area contributed by atoms with E-state index < -0.39 is 11.9 Å². The van der Waals surface area contributed by atoms with Gasteiger partial charge in [0.1, 0.15) is 17.1 Å². The highest BCUT2D eigenvalue weighted by molar-refractivity contribution is 5.95. The molecule has 0 spiro atoms. The maximum absolute atomic E-state index is 12.6. The number of carbonyl (C=O) groups excluding carboxylic acids is 2. The molecule has 0 aromatic heterocycles. The monoisotopic (exact) mass is 434 g/mol. The zero-order valence-corrected chi connectivity index (χ0v) is 17.6. The summed E-state index contributed by atoms with van der Waals surface area (Å²) in [7, 11) is 1.48. The van der Waals surface area contributed by atoms with Crippen LogP contribution in [-0.2, 0) is 0 Å². The van der Waals surface area contributed by atoms with Crippen molar-refractivity contribution in [2.75, 3.05) is 13.7 Å². The molecule has 1 amide bonds. The first-order chi connectivity index (χ1) is 15.5. The number of phenols is 1. The Morgan fingerprint density at radius 2 is 1.75 bits per heavy atom. The normalized spacial score (nSPS) is 10.6. The molecule has 8 heteroatoms. The van der Waals surface area contributed by atoms with Gasteiger partial charge in [-0.15, -0.1) is 0 Å². The SMILES string of the molecule is CCOc1cc(/C=N\NC(=O)c2ccc(O)cc2)ccc1OC(=O)c1ccccc1OC. The van der Waals surface area contributed by atoms with Crippen molar-refractivity contribution in [2.45, 2.75) is 6.92 Å². The number of hydrazone groups is 1. The maximum atomic E-state index is 12.6. The predicted molar refractivity (Wildman–Crippen MR) is 119 cm³/mol. The first kappa shape index (κ1) is 22.4. The first-order valence-electron chi connectivity index (χ1n) is 9.76. The Kier molecular flexibility index (Phi) is 7.42. The van der Waals surface area contributed by atoms with Gasteiger partial charge in [-0.05, 0) is 67.1 Å². The lowest BCUT2D eigenvalue weighted by molar-refractivity contribution is 0.0724. The van der Waals surface area contributed by atoms with Gasteiger partial charge in [0.05, 0.1) is 19.9 Å². The van der Waals surface area contributed by atoms with Gasteiger partial charge in [0.25, 0.3) is 5.91 Å². The molecule has 0 heterocycles. The van der Waals surface area contributed by atoms with Crippen molar-refractivity contribution in [3.63, 3.8) is 0 Å². The minimum atomic E-state index is -0.578. The molecule has 3 aromatic carbocycles. The van der Waals surface area contributed by atoms with E-state index in [1.165, 1.54) is 37.6 Å². The predicted octanol–water partition coefficient (Wildman–Crippen LogP) is 3.78. The fourth-order valence-corrected chi connectivity index (χ4v) is 2.77. The van der Waals surface area contributed by atoms with Gasteiger partial charge in [0, 0.05) is 5.56 Å². The molecule has 0 bridgehead atoms. The summed E-state index contributed by atoms with van der Waals surface area (Å²) >= 11 is 0. The second-order valence-electron chi connectivity index (χ2n) is 6.47. The number of benzene rings is 3. The maximum Gasteiger partial charge on any atom is 0.347 e. The van der Waals surface area contributed by atoms with Crippen LogP contribution in [0.5, 0.6) is 23.0 Å². The second kappa shape index (κ2) is 10.6. The number of carbonyl (C=O) groups is 2. The molecular weight excluding hydrogens is 412 g/mol. The third-order valence-electron chi connectivity index (χ3n) is 4.31. The average molecular weight is 434 g/mol. The number of methoxy groups -OCH3 is 1. The van der Waals surface area contributed by atoms with Crippen LogP contribution in [0.25, 0.3) is 0 Å². The Hall–Kier alpha value is -4.33. The van der Waals surface area contributed by atoms with Crippen molar-refractivity contribution in [3.05, 3.63) is 83.4 Å². The fraction of sp³-hybridized carbons (Fsp3) is 0.125. The molecule has 0 fully saturated rings. The number of ether oxygens (including phenoxy) is 3. The van der Waals surface area contributed by atoms with E-state index in [0.717, 1.165) is 0 Å². The number of nitrogens with zero attached hydrogens (tertiary/aromatic N) is 1. The van der Waals surface area contributed by atoms with Crippen LogP contribution in [0.15, 0.2) is 71.8 Å². The van der Waals surface area contributed by atoms with E-state index >= 15 is 0 Å². The second-order valence-corrected chi connectivity index (χ2v) is 6.47. The lowest BCUT2D eigenvalue weighted by Crippen LogP contribution is -2.17. The fourth-order valence-electron chi connectivity index (χ4n) is 2.77. The third kappa shape index (κ3) is 5.63. The highest BCUT2D eigenvalue weighted by Crippen LogP contribution is 2.30. The summed E-state index contributed by atoms with van der Waals surface area (Å²) in [5.41, 5.74) is 3.68. The Morgan fingerprint density at radius 3 is 2.47 bits per heavy atom. The van der Waals surface area contributed by atoms with Crippen molar-refractivity contribution in [1.82, 2.24) is 5.43 Å². The summed E-state index contributed by atoms with van der Waals surface area (Å²) in [6.07, 6.45) is 1.44. The molecule has 2 N–H and O–H groups in total. The molecule has 3 aromatic rings. The minimum Gasteiger partial charge on any atom is -0.508 e. The molecular formula is C24H22N2O6. The average Bonchev–Trinajstić information content (AvgIpc) is 2.81. The third-order valence-corrected chi connectivity index (χ3v) is 4.31. The van der Waals surface area contributed by atoms with Crippen molar-refractivity contribution >= 4 is 18.1 Å². The van der Waals surface area contributed by atoms with E-state index in [1.54, 1.807) is 42.5 Å². The topological polar surface area (TPSA) is 106 Å². The summed E-state index contributed by atoms with van der Waals surface area (Å²) in [4.78, 5) is 24.7. The first-order valence-corrected chi connectivity index (χ1v) is 9.76. The lowest BCUT2D eigenvalue weighted by atomic mass is 10.2. The number of hydrogen-bond acceptors (Lipinski definition) is 7. The number of aromatic hydroxyl groups is 1. The zero-order valence-electron chi connectivity index (χ0n) is 17.6. The standard InChI is InChI=1S/C24H22N2O6/c1-3-31-22-14-16(15-25-26-23(28)17-9-11-18(27)12-10-17)8-13-21(22)32-24(29)19-6-4-5-7-20(19)30-2/h4-15,27H,3H2,1-2H3,(H,26,28)/b25-15-. The van der Waals surface area contributed by atoms with E-state index in [1.807, 2.05) is 6.92 Å². The molecule has 0 atom stereocenters. The minimum absolute atomic E-state index is 0.0694. The summed E-state index contributed by atoms with van der Waals surface area (Å²) in [6.45, 7) is 2.17. The molecule has 0 aliphatic rings. The van der Waals surface area contributed by atoms with Crippen LogP contribution in [0.3, 0.4) is 0 Å². The molecule has 0 saturated heterocycles. The molecule has 0 aliphatic carbocycles. The van der Waals surface area contributed by atoms with Crippen LogP contribution in [0.1, 0.15) is 33.2 Å². The van der Waals surface area contributed by atoms with E-state index in [9.17, 15) is 14.7 Å². The molecule has 0 saturated carbocycles. The summed E-state index contributed by atoms with van der Waals surface area (Å²) in [6, 6.07) is 17.5. The number of para-hydroxylation sites is 1. The van der Waals surface area contributed by atoms with E-state index in [2.05, 4.69) is 10.5 Å². The molecule has 164 valence electrons. The molecule has 32 heavy (non-hydrogen) atoms. The number of esters is 1. The van der Waals surface area contributed by atoms with Crippen LogP contribution in [0.2, 0.25) is 0 Å². The van der Waals surface area contributed by atoms with Gasteiger partial charge in [-0.2, -0.15) is 5.10 Å². The Bertz CT molecular complexity index is 1130. The van der Waals surface area contributed by atoms with Gasteiger partial charge in [-0.25, -0.2) is 10.2 Å². The molecule has 8 nitrogen and oxygen atoms in total. The molecule has 0 aliphatic heterocycles. The number of nitrogens with one attached hydrogen (secondary N) is 1. The van der Waals surface area contributed by atoms with Crippen molar-refractivity contribution < 1.29 is 28.9 Å². The van der Waals surface area contributed by atoms with E-state index in [-0.39, 0.29) is 11.5 Å². The van der Waals surface area contributed by atoms with E-state index in [0.29, 0.717) is 34.8 Å². The number of hydrogen-bond donors (Lipinski definition) is 2. The van der Waals surface area contributed by atoms with Gasteiger partial charge in [0.15, 0.2) is 11.5 Å². The lowest BCUT2D eigenvalue weighted by Gasteiger charge is -2.12. The highest BCUT2D eigenvalue weighted by atomic mass is 16.6. The Morgan fingerprint density at radius 1 is 1.00 bits per heavy atom. The van der Waals surface area contributed by atoms with Crippen molar-refractivity contribution in [2.24, 2.45) is 5.10 Å².